The molecule has 1 rings (SSSR count). The molecule has 1 aromatic rings. The Morgan fingerprint density at radius 3 is 2.67 bits per heavy atom. The molecule has 1 heterocycles. The van der Waals surface area contributed by atoms with Gasteiger partial charge in [0, 0.05) is 12.2 Å². The van der Waals surface area contributed by atoms with Crippen molar-refractivity contribution in [3.63, 3.8) is 0 Å². The first-order valence-electron chi connectivity index (χ1n) is 2.97. The molecule has 50 valence electrons. The molecule has 3 N–H and O–H groups in total. The zero-order valence-corrected chi connectivity index (χ0v) is 5.68. The molecule has 3 heteroatoms. The van der Waals surface area contributed by atoms with Crippen molar-refractivity contribution in [1.29, 1.82) is 0 Å². The summed E-state index contributed by atoms with van der Waals surface area (Å²) in [4.78, 5) is 7.04. The number of rotatable bonds is 1. The Kier molecular flexibility index (Phi) is 1.53. The van der Waals surface area contributed by atoms with Crippen LogP contribution in [0.3, 0.4) is 0 Å². The van der Waals surface area contributed by atoms with Gasteiger partial charge in [-0.1, -0.05) is 0 Å². The third kappa shape index (κ3) is 1.29. The van der Waals surface area contributed by atoms with Crippen LogP contribution < -0.4 is 5.73 Å². The second kappa shape index (κ2) is 2.19. The lowest BCUT2D eigenvalue weighted by molar-refractivity contribution is 0.786. The van der Waals surface area contributed by atoms with Crippen molar-refractivity contribution in [3.05, 3.63) is 17.7 Å². The Bertz CT molecular complexity index is 190. The molecule has 3 nitrogen and oxygen atoms in total. The minimum atomic E-state index is 0.0613. The number of hydrogen-bond acceptors (Lipinski definition) is 2. The van der Waals surface area contributed by atoms with Crippen LogP contribution in [0.2, 0.25) is 0 Å². The molecule has 0 aliphatic carbocycles. The highest BCUT2D eigenvalue weighted by Crippen LogP contribution is 2.03. The summed E-state index contributed by atoms with van der Waals surface area (Å²) in [5, 5.41) is 0. The first kappa shape index (κ1) is 6.29. The second-order valence-electron chi connectivity index (χ2n) is 2.21. The molecule has 0 aliphatic heterocycles. The van der Waals surface area contributed by atoms with Crippen molar-refractivity contribution in [2.24, 2.45) is 5.73 Å². The molecule has 0 radical (unpaired) electrons. The topological polar surface area (TPSA) is 54.7 Å². The molecule has 1 atom stereocenters. The highest BCUT2D eigenvalue weighted by Gasteiger charge is 1.99. The van der Waals surface area contributed by atoms with E-state index in [1.807, 2.05) is 13.8 Å². The van der Waals surface area contributed by atoms with Gasteiger partial charge in [-0.05, 0) is 13.8 Å². The Balaban J connectivity index is 2.85. The summed E-state index contributed by atoms with van der Waals surface area (Å²) in [6, 6.07) is 0.0613. The van der Waals surface area contributed by atoms with E-state index in [0.29, 0.717) is 0 Å². The number of aromatic amines is 1. The van der Waals surface area contributed by atoms with E-state index in [0.717, 1.165) is 11.5 Å². The predicted molar refractivity (Wildman–Crippen MR) is 35.9 cm³/mol. The maximum Gasteiger partial charge on any atom is 0.103 e. The number of nitrogens with two attached hydrogens (primary N) is 1. The van der Waals surface area contributed by atoms with Gasteiger partial charge >= 0.3 is 0 Å². The van der Waals surface area contributed by atoms with Gasteiger partial charge in [0.15, 0.2) is 0 Å². The van der Waals surface area contributed by atoms with Crippen LogP contribution in [0.1, 0.15) is 24.5 Å². The van der Waals surface area contributed by atoms with Crippen LogP contribution in [0.25, 0.3) is 0 Å². The molecule has 0 amide bonds. The number of hydrogen-bond donors (Lipinski definition) is 2. The summed E-state index contributed by atoms with van der Waals surface area (Å²) in [6.07, 6.45) is 1.76. The summed E-state index contributed by atoms with van der Waals surface area (Å²) >= 11 is 0. The number of nitrogens with one attached hydrogen (secondary N) is 1. The summed E-state index contributed by atoms with van der Waals surface area (Å²) in [5.41, 5.74) is 6.55. The van der Waals surface area contributed by atoms with Crippen molar-refractivity contribution in [3.8, 4) is 0 Å². The van der Waals surface area contributed by atoms with Crippen molar-refractivity contribution in [2.45, 2.75) is 19.9 Å². The highest BCUT2D eigenvalue weighted by molar-refractivity contribution is 5.03. The Hall–Kier alpha value is -0.830. The molecular weight excluding hydrogens is 114 g/mol. The van der Waals surface area contributed by atoms with Crippen LogP contribution in [0.15, 0.2) is 6.20 Å². The fraction of sp³-hybridized carbons (Fsp3) is 0.500. The van der Waals surface area contributed by atoms with E-state index in [1.165, 1.54) is 0 Å². The highest BCUT2D eigenvalue weighted by atomic mass is 14.9. The average Bonchev–Trinajstić information content (AvgIpc) is 2.14. The van der Waals surface area contributed by atoms with Crippen molar-refractivity contribution in [2.75, 3.05) is 0 Å². The minimum Gasteiger partial charge on any atom is -0.345 e. The number of nitrogens with zero attached hydrogens (tertiary/aromatic N) is 1. The monoisotopic (exact) mass is 125 g/mol. The maximum atomic E-state index is 5.56. The predicted octanol–water partition coefficient (Wildman–Crippen LogP) is 0.738. The molecule has 9 heavy (non-hydrogen) atoms. The number of aromatic nitrogens is 2. The van der Waals surface area contributed by atoms with Crippen LogP contribution in [-0.2, 0) is 0 Å². The Morgan fingerprint density at radius 1 is 1.78 bits per heavy atom. The fourth-order valence-corrected chi connectivity index (χ4v) is 0.671. The number of H-pyrrole nitrogens is 1. The van der Waals surface area contributed by atoms with E-state index >= 15 is 0 Å². The van der Waals surface area contributed by atoms with E-state index in [9.17, 15) is 0 Å². The van der Waals surface area contributed by atoms with Gasteiger partial charge in [-0.2, -0.15) is 0 Å². The van der Waals surface area contributed by atoms with Gasteiger partial charge in [-0.15, -0.1) is 0 Å². The molecule has 0 unspecified atom stereocenters. The largest absolute Gasteiger partial charge is 0.345 e. The summed E-state index contributed by atoms with van der Waals surface area (Å²) in [6.45, 7) is 3.83. The quantitative estimate of drug-likeness (QED) is 0.581. The van der Waals surface area contributed by atoms with Gasteiger partial charge in [-0.3, -0.25) is 0 Å². The number of imidazole rings is 1. The van der Waals surface area contributed by atoms with Crippen LogP contribution in [0.5, 0.6) is 0 Å². The minimum absolute atomic E-state index is 0.0613. The Labute approximate surface area is 54.3 Å². The summed E-state index contributed by atoms with van der Waals surface area (Å²) < 4.78 is 0. The van der Waals surface area contributed by atoms with Crippen LogP contribution in [-0.4, -0.2) is 9.97 Å². The van der Waals surface area contributed by atoms with Gasteiger partial charge in [0.2, 0.25) is 0 Å². The first-order valence-corrected chi connectivity index (χ1v) is 2.97. The molecule has 0 aromatic carbocycles. The third-order valence-corrected chi connectivity index (χ3v) is 1.21. The molecule has 0 fully saturated rings. The molecular formula is C6H11N3. The van der Waals surface area contributed by atoms with Crippen LogP contribution >= 0.6 is 0 Å². The summed E-state index contributed by atoms with van der Waals surface area (Å²) in [5.74, 6) is 0.919. The van der Waals surface area contributed by atoms with E-state index < -0.39 is 0 Å². The fourth-order valence-electron chi connectivity index (χ4n) is 0.671. The van der Waals surface area contributed by atoms with Crippen LogP contribution in [0.4, 0.5) is 0 Å². The van der Waals surface area contributed by atoms with Gasteiger partial charge in [0.05, 0.1) is 5.69 Å². The van der Waals surface area contributed by atoms with E-state index in [4.69, 9.17) is 5.73 Å². The normalized spacial score (nSPS) is 13.7. The SMILES string of the molecule is Cc1ncc([C@@H](C)N)[nH]1. The third-order valence-electron chi connectivity index (χ3n) is 1.21. The second-order valence-corrected chi connectivity index (χ2v) is 2.21. The lowest BCUT2D eigenvalue weighted by Gasteiger charge is -1.97. The average molecular weight is 125 g/mol. The lowest BCUT2D eigenvalue weighted by atomic mass is 10.3. The summed E-state index contributed by atoms with van der Waals surface area (Å²) in [7, 11) is 0. The van der Waals surface area contributed by atoms with E-state index in [2.05, 4.69) is 9.97 Å². The zero-order valence-electron chi connectivity index (χ0n) is 5.68. The van der Waals surface area contributed by atoms with Gasteiger partial charge < -0.3 is 10.7 Å². The van der Waals surface area contributed by atoms with Gasteiger partial charge in [0.25, 0.3) is 0 Å². The lowest BCUT2D eigenvalue weighted by Crippen LogP contribution is -2.04. The molecule has 1 aromatic heterocycles. The van der Waals surface area contributed by atoms with E-state index in [-0.39, 0.29) is 6.04 Å². The standard InChI is InChI=1S/C6H11N3/c1-4(7)6-3-8-5(2)9-6/h3-4H,7H2,1-2H3,(H,8,9)/t4-/m1/s1. The smallest absolute Gasteiger partial charge is 0.103 e. The first-order chi connectivity index (χ1) is 4.20. The van der Waals surface area contributed by atoms with Crippen molar-refractivity contribution >= 4 is 0 Å². The molecule has 0 saturated heterocycles. The van der Waals surface area contributed by atoms with E-state index in [1.54, 1.807) is 6.20 Å². The maximum absolute atomic E-state index is 5.56. The molecule has 0 bridgehead atoms. The number of aryl methyl sites for hydroxylation is 1. The van der Waals surface area contributed by atoms with Crippen molar-refractivity contribution in [1.82, 2.24) is 9.97 Å². The van der Waals surface area contributed by atoms with Crippen LogP contribution in [0, 0.1) is 6.92 Å². The van der Waals surface area contributed by atoms with Gasteiger partial charge in [-0.25, -0.2) is 4.98 Å². The van der Waals surface area contributed by atoms with Gasteiger partial charge in [0.1, 0.15) is 5.82 Å². The Morgan fingerprint density at radius 2 is 2.44 bits per heavy atom. The molecule has 0 aliphatic rings. The van der Waals surface area contributed by atoms with Crippen molar-refractivity contribution < 1.29 is 0 Å². The molecule has 0 spiro atoms. The zero-order chi connectivity index (χ0) is 6.85. The molecule has 0 saturated carbocycles.